The first-order chi connectivity index (χ1) is 11.1. The lowest BCUT2D eigenvalue weighted by molar-refractivity contribution is 0.171. The molecule has 0 amide bonds. The van der Waals surface area contributed by atoms with Gasteiger partial charge in [0.05, 0.1) is 0 Å². The monoisotopic (exact) mass is 328 g/mol. The van der Waals surface area contributed by atoms with Gasteiger partial charge in [-0.3, -0.25) is 0 Å². The molecule has 2 aromatic rings. The minimum Gasteiger partial charge on any atom is -0.486 e. The lowest BCUT2D eigenvalue weighted by Gasteiger charge is -2.19. The third kappa shape index (κ3) is 4.13. The van der Waals surface area contributed by atoms with Gasteiger partial charge in [-0.15, -0.1) is 0 Å². The number of hydrogen-bond acceptors (Lipinski definition) is 3. The lowest BCUT2D eigenvalue weighted by Crippen LogP contribution is -2.28. The second-order valence-electron chi connectivity index (χ2n) is 5.66. The first kappa shape index (κ1) is 15.6. The Hall–Kier alpha value is -2.27. The number of anilines is 1. The number of ether oxygens (including phenoxy) is 2. The van der Waals surface area contributed by atoms with E-state index in [0.29, 0.717) is 24.9 Å². The maximum atomic E-state index is 5.57. The number of thiocarbonyl (C=S) groups is 1. The Morgan fingerprint density at radius 3 is 2.43 bits per heavy atom. The first-order valence-corrected chi connectivity index (χ1v) is 8.03. The van der Waals surface area contributed by atoms with E-state index >= 15 is 0 Å². The smallest absolute Gasteiger partial charge is 0.171 e. The third-order valence-electron chi connectivity index (χ3n) is 3.53. The molecule has 1 aliphatic rings. The number of hydrogen-bond donors (Lipinski definition) is 2. The molecule has 0 fully saturated rings. The van der Waals surface area contributed by atoms with Gasteiger partial charge in [-0.1, -0.05) is 29.3 Å². The van der Waals surface area contributed by atoms with Crippen LogP contribution in [0.15, 0.2) is 36.4 Å². The Morgan fingerprint density at radius 2 is 1.70 bits per heavy atom. The van der Waals surface area contributed by atoms with Crippen LogP contribution >= 0.6 is 12.2 Å². The Balaban J connectivity index is 1.59. The van der Waals surface area contributed by atoms with Gasteiger partial charge in [-0.05, 0) is 43.8 Å². The summed E-state index contributed by atoms with van der Waals surface area (Å²) in [6.45, 7) is 6.06. The third-order valence-corrected chi connectivity index (χ3v) is 3.78. The molecule has 23 heavy (non-hydrogen) atoms. The summed E-state index contributed by atoms with van der Waals surface area (Å²) in [5.74, 6) is 1.52. The molecule has 0 aliphatic carbocycles. The van der Waals surface area contributed by atoms with Crippen molar-refractivity contribution in [2.24, 2.45) is 0 Å². The predicted octanol–water partition coefficient (Wildman–Crippen LogP) is 3.56. The standard InChI is InChI=1S/C18H20N2O2S/c1-12-7-13(2)9-14(8-12)11-19-18(23)20-15-3-4-16-17(10-15)22-6-5-21-16/h3-4,7-10H,5-6,11H2,1-2H3,(H2,19,20,23). The van der Waals surface area contributed by atoms with E-state index in [9.17, 15) is 0 Å². The minimum absolute atomic E-state index is 0.575. The van der Waals surface area contributed by atoms with E-state index < -0.39 is 0 Å². The van der Waals surface area contributed by atoms with Gasteiger partial charge in [0, 0.05) is 18.3 Å². The fourth-order valence-corrected chi connectivity index (χ4v) is 2.84. The molecule has 1 heterocycles. The number of aryl methyl sites for hydroxylation is 2. The molecule has 0 spiro atoms. The average molecular weight is 328 g/mol. The van der Waals surface area contributed by atoms with Crippen LogP contribution in [0.5, 0.6) is 11.5 Å². The Kier molecular flexibility index (Phi) is 4.67. The van der Waals surface area contributed by atoms with Crippen LogP contribution in [0.3, 0.4) is 0 Å². The molecule has 2 aromatic carbocycles. The van der Waals surface area contributed by atoms with E-state index in [4.69, 9.17) is 21.7 Å². The van der Waals surface area contributed by atoms with Gasteiger partial charge in [-0.2, -0.15) is 0 Å². The summed E-state index contributed by atoms with van der Waals surface area (Å²) in [6, 6.07) is 12.2. The zero-order valence-electron chi connectivity index (χ0n) is 13.3. The highest BCUT2D eigenvalue weighted by atomic mass is 32.1. The quantitative estimate of drug-likeness (QED) is 0.843. The van der Waals surface area contributed by atoms with Crippen molar-refractivity contribution in [1.82, 2.24) is 5.32 Å². The fourth-order valence-electron chi connectivity index (χ4n) is 2.65. The Bertz CT molecular complexity index is 711. The predicted molar refractivity (Wildman–Crippen MR) is 96.4 cm³/mol. The lowest BCUT2D eigenvalue weighted by atomic mass is 10.1. The van der Waals surface area contributed by atoms with Crippen molar-refractivity contribution in [2.75, 3.05) is 18.5 Å². The molecule has 2 N–H and O–H groups in total. The van der Waals surface area contributed by atoms with Gasteiger partial charge in [0.15, 0.2) is 16.6 Å². The Morgan fingerprint density at radius 1 is 1.00 bits per heavy atom. The summed E-state index contributed by atoms with van der Waals surface area (Å²) in [6.07, 6.45) is 0. The van der Waals surface area contributed by atoms with Crippen LogP contribution in [-0.4, -0.2) is 18.3 Å². The SMILES string of the molecule is Cc1cc(C)cc(CNC(=S)Nc2ccc3c(c2)OCCO3)c1. The summed E-state index contributed by atoms with van der Waals surface area (Å²) >= 11 is 5.36. The van der Waals surface area contributed by atoms with E-state index in [1.54, 1.807) is 0 Å². The van der Waals surface area contributed by atoms with Gasteiger partial charge in [0.1, 0.15) is 13.2 Å². The second-order valence-corrected chi connectivity index (χ2v) is 6.07. The van der Waals surface area contributed by atoms with Gasteiger partial charge in [-0.25, -0.2) is 0 Å². The average Bonchev–Trinajstić information content (AvgIpc) is 2.52. The molecule has 1 aliphatic heterocycles. The highest BCUT2D eigenvalue weighted by molar-refractivity contribution is 7.80. The van der Waals surface area contributed by atoms with Crippen molar-refractivity contribution >= 4 is 23.0 Å². The number of benzene rings is 2. The van der Waals surface area contributed by atoms with Crippen LogP contribution in [-0.2, 0) is 6.54 Å². The second kappa shape index (κ2) is 6.87. The summed E-state index contributed by atoms with van der Waals surface area (Å²) in [4.78, 5) is 0. The highest BCUT2D eigenvalue weighted by Crippen LogP contribution is 2.32. The molecular weight excluding hydrogens is 308 g/mol. The van der Waals surface area contributed by atoms with Crippen molar-refractivity contribution in [2.45, 2.75) is 20.4 Å². The van der Waals surface area contributed by atoms with Gasteiger partial charge >= 0.3 is 0 Å². The molecule has 0 atom stereocenters. The van der Waals surface area contributed by atoms with Crippen molar-refractivity contribution in [3.63, 3.8) is 0 Å². The van der Waals surface area contributed by atoms with Gasteiger partial charge < -0.3 is 20.1 Å². The molecule has 3 rings (SSSR count). The molecule has 5 heteroatoms. The normalized spacial score (nSPS) is 12.6. The summed E-state index contributed by atoms with van der Waals surface area (Å²) in [5, 5.41) is 6.99. The van der Waals surface area contributed by atoms with E-state index in [2.05, 4.69) is 42.7 Å². The summed E-state index contributed by atoms with van der Waals surface area (Å²) in [5.41, 5.74) is 4.61. The minimum atomic E-state index is 0.575. The van der Waals surface area contributed by atoms with Crippen LogP contribution < -0.4 is 20.1 Å². The molecule has 120 valence electrons. The summed E-state index contributed by atoms with van der Waals surface area (Å²) < 4.78 is 11.1. The highest BCUT2D eigenvalue weighted by Gasteiger charge is 2.12. The van der Waals surface area contributed by atoms with E-state index in [0.717, 1.165) is 17.2 Å². The van der Waals surface area contributed by atoms with E-state index in [-0.39, 0.29) is 0 Å². The van der Waals surface area contributed by atoms with E-state index in [1.165, 1.54) is 16.7 Å². The number of rotatable bonds is 3. The van der Waals surface area contributed by atoms with Crippen LogP contribution in [0, 0.1) is 13.8 Å². The van der Waals surface area contributed by atoms with Crippen molar-refractivity contribution in [1.29, 1.82) is 0 Å². The van der Waals surface area contributed by atoms with Crippen LogP contribution in [0.1, 0.15) is 16.7 Å². The van der Waals surface area contributed by atoms with Crippen molar-refractivity contribution in [3.8, 4) is 11.5 Å². The van der Waals surface area contributed by atoms with Crippen LogP contribution in [0.2, 0.25) is 0 Å². The summed E-state index contributed by atoms with van der Waals surface area (Å²) in [7, 11) is 0. The number of nitrogens with one attached hydrogen (secondary N) is 2. The Labute approximate surface area is 141 Å². The fraction of sp³-hybridized carbons (Fsp3) is 0.278. The topological polar surface area (TPSA) is 42.5 Å². The van der Waals surface area contributed by atoms with Gasteiger partial charge in [0.25, 0.3) is 0 Å². The molecule has 0 unspecified atom stereocenters. The molecular formula is C18H20N2O2S. The zero-order valence-corrected chi connectivity index (χ0v) is 14.1. The maximum Gasteiger partial charge on any atom is 0.171 e. The van der Waals surface area contributed by atoms with Crippen LogP contribution in [0.4, 0.5) is 5.69 Å². The molecule has 0 saturated carbocycles. The van der Waals surface area contributed by atoms with Crippen molar-refractivity contribution in [3.05, 3.63) is 53.1 Å². The molecule has 4 nitrogen and oxygen atoms in total. The van der Waals surface area contributed by atoms with Gasteiger partial charge in [0.2, 0.25) is 0 Å². The zero-order chi connectivity index (χ0) is 16.2. The molecule has 0 saturated heterocycles. The van der Waals surface area contributed by atoms with E-state index in [1.807, 2.05) is 18.2 Å². The first-order valence-electron chi connectivity index (χ1n) is 7.62. The molecule has 0 radical (unpaired) electrons. The van der Waals surface area contributed by atoms with Crippen molar-refractivity contribution < 1.29 is 9.47 Å². The maximum absolute atomic E-state index is 5.57. The molecule has 0 bridgehead atoms. The van der Waals surface area contributed by atoms with Crippen LogP contribution in [0.25, 0.3) is 0 Å². The largest absolute Gasteiger partial charge is 0.486 e. The molecule has 0 aromatic heterocycles. The number of fused-ring (bicyclic) bond motifs is 1.